The fraction of sp³-hybridized carbons (Fsp3) is 1.00. The number of rotatable bonds is 0. The highest BCUT2D eigenvalue weighted by molar-refractivity contribution is 5.01. The summed E-state index contributed by atoms with van der Waals surface area (Å²) in [5, 5.41) is 0. The Bertz CT molecular complexity index is 133. The third-order valence-corrected chi connectivity index (χ3v) is 2.87. The molecule has 1 saturated heterocycles. The highest BCUT2D eigenvalue weighted by Gasteiger charge is 2.53. The molecule has 2 fully saturated rings. The number of hydrogen-bond donors (Lipinski definition) is 0. The van der Waals surface area contributed by atoms with Crippen molar-refractivity contribution < 1.29 is 4.74 Å². The molecule has 52 valence electrons. The molecule has 0 aromatic rings. The van der Waals surface area contributed by atoms with Crippen molar-refractivity contribution in [3.8, 4) is 0 Å². The molecule has 0 aromatic heterocycles. The summed E-state index contributed by atoms with van der Waals surface area (Å²) in [5.74, 6) is 0.911. The molecule has 2 aliphatic rings. The van der Waals surface area contributed by atoms with E-state index in [2.05, 4.69) is 13.8 Å². The molecule has 2 rings (SSSR count). The van der Waals surface area contributed by atoms with Crippen LogP contribution in [0.25, 0.3) is 0 Å². The third-order valence-electron chi connectivity index (χ3n) is 2.87. The lowest BCUT2D eigenvalue weighted by molar-refractivity contribution is 0.00280. The Morgan fingerprint density at radius 2 is 2.22 bits per heavy atom. The van der Waals surface area contributed by atoms with Crippen molar-refractivity contribution in [2.75, 3.05) is 6.61 Å². The van der Waals surface area contributed by atoms with E-state index >= 15 is 0 Å². The van der Waals surface area contributed by atoms with Crippen molar-refractivity contribution >= 4 is 0 Å². The summed E-state index contributed by atoms with van der Waals surface area (Å²) < 4.78 is 5.50. The van der Waals surface area contributed by atoms with Crippen molar-refractivity contribution in [1.82, 2.24) is 0 Å². The molecule has 0 spiro atoms. The first kappa shape index (κ1) is 5.72. The maximum Gasteiger partial charge on any atom is 0.0552 e. The third kappa shape index (κ3) is 0.787. The fourth-order valence-corrected chi connectivity index (χ4v) is 2.01. The van der Waals surface area contributed by atoms with Crippen LogP contribution >= 0.6 is 0 Å². The van der Waals surface area contributed by atoms with Crippen LogP contribution in [0, 0.1) is 11.3 Å². The van der Waals surface area contributed by atoms with Crippen molar-refractivity contribution in [3.63, 3.8) is 0 Å². The minimum Gasteiger partial charge on any atom is -0.378 e. The van der Waals surface area contributed by atoms with Crippen LogP contribution in [0.3, 0.4) is 0 Å². The van der Waals surface area contributed by atoms with Crippen LogP contribution in [0.4, 0.5) is 0 Å². The van der Waals surface area contributed by atoms with E-state index in [-0.39, 0.29) is 0 Å². The molecular formula is C8H14O. The van der Waals surface area contributed by atoms with Gasteiger partial charge in [-0.15, -0.1) is 0 Å². The average Bonchev–Trinajstić information content (AvgIpc) is 2.38. The highest BCUT2D eigenvalue weighted by Crippen LogP contribution is 2.58. The molecule has 1 unspecified atom stereocenters. The maximum atomic E-state index is 5.50. The van der Waals surface area contributed by atoms with Crippen LogP contribution in [-0.2, 0) is 4.74 Å². The quantitative estimate of drug-likeness (QED) is 0.481. The van der Waals surface area contributed by atoms with Gasteiger partial charge in [0.15, 0.2) is 0 Å². The van der Waals surface area contributed by atoms with Gasteiger partial charge in [0.05, 0.1) is 12.7 Å². The van der Waals surface area contributed by atoms with E-state index in [1.807, 2.05) is 0 Å². The molecule has 9 heavy (non-hydrogen) atoms. The Hall–Kier alpha value is -0.0400. The molecule has 0 aromatic carbocycles. The first-order chi connectivity index (χ1) is 4.21. The Kier molecular flexibility index (Phi) is 0.963. The van der Waals surface area contributed by atoms with E-state index in [1.54, 1.807) is 0 Å². The van der Waals surface area contributed by atoms with Gasteiger partial charge < -0.3 is 4.74 Å². The smallest absolute Gasteiger partial charge is 0.0552 e. The number of ether oxygens (including phenoxy) is 1. The van der Waals surface area contributed by atoms with Crippen LogP contribution in [-0.4, -0.2) is 12.7 Å². The van der Waals surface area contributed by atoms with Crippen molar-refractivity contribution in [3.05, 3.63) is 0 Å². The molecule has 1 aliphatic carbocycles. The van der Waals surface area contributed by atoms with Gasteiger partial charge in [0.1, 0.15) is 0 Å². The van der Waals surface area contributed by atoms with E-state index in [0.717, 1.165) is 12.5 Å². The standard InChI is InChI=1S/C8H14O/c1-6-3-8(2)4-7(8)5-9-6/h6-7H,3-5H2,1-2H3/t6-,7?,8-/m1/s1. The van der Waals surface area contributed by atoms with Crippen LogP contribution in [0.15, 0.2) is 0 Å². The Balaban J connectivity index is 2.03. The first-order valence-corrected chi connectivity index (χ1v) is 3.82. The molecule has 0 N–H and O–H groups in total. The Morgan fingerprint density at radius 3 is 2.78 bits per heavy atom. The first-order valence-electron chi connectivity index (χ1n) is 3.82. The summed E-state index contributed by atoms with van der Waals surface area (Å²) in [5.41, 5.74) is 0.692. The lowest BCUT2D eigenvalue weighted by Crippen LogP contribution is -2.22. The van der Waals surface area contributed by atoms with Gasteiger partial charge in [0.2, 0.25) is 0 Å². The molecule has 0 radical (unpaired) electrons. The largest absolute Gasteiger partial charge is 0.378 e. The van der Waals surface area contributed by atoms with Crippen LogP contribution in [0.1, 0.15) is 26.7 Å². The molecule has 1 aliphatic heterocycles. The van der Waals surface area contributed by atoms with Crippen molar-refractivity contribution in [2.45, 2.75) is 32.8 Å². The molecule has 3 atom stereocenters. The molecule has 1 heterocycles. The van der Waals surface area contributed by atoms with Gasteiger partial charge in [-0.25, -0.2) is 0 Å². The van der Waals surface area contributed by atoms with Gasteiger partial charge in [-0.3, -0.25) is 0 Å². The zero-order valence-electron chi connectivity index (χ0n) is 6.18. The molecule has 1 nitrogen and oxygen atoms in total. The fourth-order valence-electron chi connectivity index (χ4n) is 2.01. The van der Waals surface area contributed by atoms with Gasteiger partial charge in [-0.1, -0.05) is 6.92 Å². The van der Waals surface area contributed by atoms with Gasteiger partial charge in [-0.2, -0.15) is 0 Å². The predicted octanol–water partition coefficient (Wildman–Crippen LogP) is 1.82. The van der Waals surface area contributed by atoms with Crippen LogP contribution < -0.4 is 0 Å². The van der Waals surface area contributed by atoms with E-state index < -0.39 is 0 Å². The Morgan fingerprint density at radius 1 is 1.44 bits per heavy atom. The molecule has 0 bridgehead atoms. The second kappa shape index (κ2) is 1.51. The molecule has 0 amide bonds. The van der Waals surface area contributed by atoms with E-state index in [4.69, 9.17) is 4.74 Å². The van der Waals surface area contributed by atoms with E-state index in [1.165, 1.54) is 12.8 Å². The highest BCUT2D eigenvalue weighted by atomic mass is 16.5. The van der Waals surface area contributed by atoms with Crippen LogP contribution in [0.2, 0.25) is 0 Å². The van der Waals surface area contributed by atoms with Gasteiger partial charge in [0.25, 0.3) is 0 Å². The number of hydrogen-bond acceptors (Lipinski definition) is 1. The Labute approximate surface area is 56.4 Å². The van der Waals surface area contributed by atoms with E-state index in [9.17, 15) is 0 Å². The number of fused-ring (bicyclic) bond motifs is 1. The summed E-state index contributed by atoms with van der Waals surface area (Å²) >= 11 is 0. The monoisotopic (exact) mass is 126 g/mol. The van der Waals surface area contributed by atoms with Crippen molar-refractivity contribution in [1.29, 1.82) is 0 Å². The summed E-state index contributed by atoms with van der Waals surface area (Å²) in [6, 6.07) is 0. The second-order valence-electron chi connectivity index (χ2n) is 3.90. The zero-order chi connectivity index (χ0) is 6.48. The summed E-state index contributed by atoms with van der Waals surface area (Å²) in [4.78, 5) is 0. The zero-order valence-corrected chi connectivity index (χ0v) is 6.18. The molecular weight excluding hydrogens is 112 g/mol. The molecule has 1 saturated carbocycles. The maximum absolute atomic E-state index is 5.50. The predicted molar refractivity (Wildman–Crippen MR) is 36.2 cm³/mol. The van der Waals surface area contributed by atoms with Crippen molar-refractivity contribution in [2.24, 2.45) is 11.3 Å². The summed E-state index contributed by atoms with van der Waals surface area (Å²) in [6.45, 7) is 5.59. The van der Waals surface area contributed by atoms with Gasteiger partial charge in [0, 0.05) is 0 Å². The average molecular weight is 126 g/mol. The van der Waals surface area contributed by atoms with Gasteiger partial charge in [-0.05, 0) is 31.1 Å². The second-order valence-corrected chi connectivity index (χ2v) is 3.90. The topological polar surface area (TPSA) is 9.23 Å². The van der Waals surface area contributed by atoms with Gasteiger partial charge >= 0.3 is 0 Å². The lowest BCUT2D eigenvalue weighted by atomic mass is 9.97. The summed E-state index contributed by atoms with van der Waals surface area (Å²) in [7, 11) is 0. The SMILES string of the molecule is C[C@@H]1C[C@]2(C)CC2CO1. The minimum atomic E-state index is 0.522. The normalized spacial score (nSPS) is 56.7. The summed E-state index contributed by atoms with van der Waals surface area (Å²) in [6.07, 6.45) is 3.23. The lowest BCUT2D eigenvalue weighted by Gasteiger charge is -2.23. The van der Waals surface area contributed by atoms with Crippen LogP contribution in [0.5, 0.6) is 0 Å². The molecule has 1 heteroatoms. The minimum absolute atomic E-state index is 0.522. The van der Waals surface area contributed by atoms with E-state index in [0.29, 0.717) is 11.5 Å².